The summed E-state index contributed by atoms with van der Waals surface area (Å²) >= 11 is 0. The van der Waals surface area contributed by atoms with Gasteiger partial charge in [-0.1, -0.05) is 39.8 Å². The number of allylic oxidation sites excluding steroid dienone is 1. The van der Waals surface area contributed by atoms with Crippen molar-refractivity contribution in [2.45, 2.75) is 140 Å². The van der Waals surface area contributed by atoms with Gasteiger partial charge < -0.3 is 56.5 Å². The average Bonchev–Trinajstić information content (AvgIpc) is 2.82. The van der Waals surface area contributed by atoms with Crippen LogP contribution in [0.5, 0.6) is 0 Å². The first-order chi connectivity index (χ1) is 18.6. The summed E-state index contributed by atoms with van der Waals surface area (Å²) in [5, 5.41) is 56.8. The molecule has 2 aliphatic heterocycles. The van der Waals surface area contributed by atoms with E-state index >= 15 is 0 Å². The first kappa shape index (κ1) is 33.3. The largest absolute Gasteiger partial charge is 0.393 e. The lowest BCUT2D eigenvalue weighted by atomic mass is 9.80. The number of rotatable bonds is 11. The third kappa shape index (κ3) is 8.43. The normalized spacial score (nSPS) is 42.1. The molecule has 1 saturated carbocycles. The molecule has 0 aromatic heterocycles. The van der Waals surface area contributed by atoms with Gasteiger partial charge in [-0.3, -0.25) is 4.79 Å². The van der Waals surface area contributed by atoms with Crippen LogP contribution in [0.4, 0.5) is 0 Å². The molecule has 2 heterocycles. The molecule has 10 N–H and O–H groups in total. The molecule has 1 amide bonds. The molecular formula is C28H51N3O9. The van der Waals surface area contributed by atoms with Gasteiger partial charge in [-0.15, -0.1) is 0 Å². The van der Waals surface area contributed by atoms with Crippen molar-refractivity contribution in [2.24, 2.45) is 29.2 Å². The Morgan fingerprint density at radius 2 is 1.77 bits per heavy atom. The van der Waals surface area contributed by atoms with E-state index in [4.69, 9.17) is 25.7 Å². The van der Waals surface area contributed by atoms with Crippen LogP contribution in [-0.2, 0) is 19.0 Å². The molecule has 3 rings (SSSR count). The van der Waals surface area contributed by atoms with Gasteiger partial charge in [-0.05, 0) is 31.6 Å². The third-order valence-electron chi connectivity index (χ3n) is 8.22. The number of nitrogens with two attached hydrogens (primary N) is 2. The number of amides is 1. The molecule has 3 fully saturated rings. The Morgan fingerprint density at radius 1 is 1.12 bits per heavy atom. The number of hydrogen-bond donors (Lipinski definition) is 8. The van der Waals surface area contributed by atoms with E-state index in [1.165, 1.54) is 0 Å². The molecule has 0 radical (unpaired) electrons. The second-order valence-corrected chi connectivity index (χ2v) is 12.7. The summed E-state index contributed by atoms with van der Waals surface area (Å²) < 4.78 is 18.0. The van der Waals surface area contributed by atoms with Crippen molar-refractivity contribution in [2.75, 3.05) is 0 Å². The van der Waals surface area contributed by atoms with Gasteiger partial charge in [0.1, 0.15) is 6.10 Å². The maximum atomic E-state index is 13.4. The first-order valence-corrected chi connectivity index (χ1v) is 14.5. The van der Waals surface area contributed by atoms with Gasteiger partial charge in [-0.2, -0.15) is 0 Å². The number of nitrogens with one attached hydrogen (secondary N) is 1. The van der Waals surface area contributed by atoms with Crippen molar-refractivity contribution in [3.8, 4) is 0 Å². The molecule has 40 heavy (non-hydrogen) atoms. The zero-order chi connectivity index (χ0) is 29.9. The fraction of sp³-hybridized carbons (Fsp3) is 0.893. The van der Waals surface area contributed by atoms with E-state index in [0.717, 1.165) is 0 Å². The lowest BCUT2D eigenvalue weighted by Gasteiger charge is -2.46. The summed E-state index contributed by atoms with van der Waals surface area (Å²) in [6.07, 6.45) is -3.68. The minimum Gasteiger partial charge on any atom is -0.393 e. The van der Waals surface area contributed by atoms with Gasteiger partial charge in [-0.25, -0.2) is 0 Å². The van der Waals surface area contributed by atoms with Crippen LogP contribution >= 0.6 is 0 Å². The maximum Gasteiger partial charge on any atom is 0.228 e. The van der Waals surface area contributed by atoms with Crippen molar-refractivity contribution >= 4 is 5.91 Å². The van der Waals surface area contributed by atoms with Gasteiger partial charge in [0.15, 0.2) is 12.1 Å². The van der Waals surface area contributed by atoms with Gasteiger partial charge in [0.2, 0.25) is 5.91 Å². The van der Waals surface area contributed by atoms with E-state index in [1.807, 2.05) is 33.8 Å². The van der Waals surface area contributed by atoms with E-state index in [-0.39, 0.29) is 43.2 Å². The molecular weight excluding hydrogens is 522 g/mol. The smallest absolute Gasteiger partial charge is 0.228 e. The first-order valence-electron chi connectivity index (χ1n) is 14.5. The van der Waals surface area contributed by atoms with Crippen molar-refractivity contribution in [1.82, 2.24) is 5.32 Å². The molecule has 0 aromatic carbocycles. The molecule has 11 atom stereocenters. The fourth-order valence-corrected chi connectivity index (χ4v) is 5.52. The quantitative estimate of drug-likeness (QED) is 0.144. The maximum absolute atomic E-state index is 13.4. The Hall–Kier alpha value is -1.19. The number of aliphatic hydroxyl groups excluding tert-OH is 4. The molecule has 1 aliphatic carbocycles. The van der Waals surface area contributed by atoms with Crippen molar-refractivity contribution in [1.29, 1.82) is 0 Å². The Bertz CT molecular complexity index is 855. The lowest BCUT2D eigenvalue weighted by Crippen LogP contribution is -2.62. The van der Waals surface area contributed by atoms with E-state index in [1.54, 1.807) is 13.0 Å². The van der Waals surface area contributed by atoms with Crippen molar-refractivity contribution < 1.29 is 44.5 Å². The second-order valence-electron chi connectivity index (χ2n) is 12.7. The van der Waals surface area contributed by atoms with Crippen LogP contribution in [0.15, 0.2) is 12.2 Å². The number of carbonyl (C=O) groups is 1. The Kier molecular flexibility index (Phi) is 11.5. The average molecular weight is 574 g/mol. The molecule has 232 valence electrons. The molecule has 0 aromatic rings. The summed E-state index contributed by atoms with van der Waals surface area (Å²) in [5.74, 6) is -3.35. The summed E-state index contributed by atoms with van der Waals surface area (Å²) in [4.78, 5) is 13.4. The third-order valence-corrected chi connectivity index (χ3v) is 8.22. The second kappa shape index (κ2) is 13.9. The zero-order valence-electron chi connectivity index (χ0n) is 24.3. The summed E-state index contributed by atoms with van der Waals surface area (Å²) in [5.41, 5.74) is 11.9. The predicted octanol–water partition coefficient (Wildman–Crippen LogP) is -0.765. The monoisotopic (exact) mass is 573 g/mol. The minimum absolute atomic E-state index is 0.0153. The summed E-state index contributed by atoms with van der Waals surface area (Å²) in [6, 6.07) is -1.08. The van der Waals surface area contributed by atoms with E-state index < -0.39 is 72.7 Å². The van der Waals surface area contributed by atoms with Crippen molar-refractivity contribution in [3.63, 3.8) is 0 Å². The lowest BCUT2D eigenvalue weighted by molar-refractivity contribution is -0.307. The van der Waals surface area contributed by atoms with Crippen LogP contribution in [0.1, 0.15) is 66.7 Å². The number of ether oxygens (including phenoxy) is 3. The number of carbonyl (C=O) groups excluding carboxylic acids is 1. The van der Waals surface area contributed by atoms with Crippen molar-refractivity contribution in [3.05, 3.63) is 12.2 Å². The highest BCUT2D eigenvalue weighted by Crippen LogP contribution is 2.38. The highest BCUT2D eigenvalue weighted by Gasteiger charge is 2.51. The van der Waals surface area contributed by atoms with Gasteiger partial charge in [0.25, 0.3) is 0 Å². The molecule has 0 bridgehead atoms. The number of aliphatic hydroxyl groups is 5. The zero-order valence-corrected chi connectivity index (χ0v) is 24.3. The van der Waals surface area contributed by atoms with Crippen LogP contribution < -0.4 is 16.8 Å². The summed E-state index contributed by atoms with van der Waals surface area (Å²) in [6.45, 7) is 9.19. The topological polar surface area (TPSA) is 210 Å². The Balaban J connectivity index is 1.86. The Labute approximate surface area is 237 Å². The van der Waals surface area contributed by atoms with Crippen LogP contribution in [-0.4, -0.2) is 104 Å². The van der Waals surface area contributed by atoms with Gasteiger partial charge in [0, 0.05) is 31.3 Å². The molecule has 12 heteroatoms. The molecule has 3 aliphatic rings. The highest BCUT2D eigenvalue weighted by atomic mass is 16.7. The van der Waals surface area contributed by atoms with Crippen LogP contribution in [0.2, 0.25) is 0 Å². The molecule has 0 spiro atoms. The summed E-state index contributed by atoms with van der Waals surface area (Å²) in [7, 11) is 0. The predicted molar refractivity (Wildman–Crippen MR) is 146 cm³/mol. The van der Waals surface area contributed by atoms with E-state index in [0.29, 0.717) is 12.8 Å². The van der Waals surface area contributed by atoms with Crippen LogP contribution in [0.3, 0.4) is 0 Å². The van der Waals surface area contributed by atoms with Crippen LogP contribution in [0, 0.1) is 17.8 Å². The Morgan fingerprint density at radius 3 is 2.35 bits per heavy atom. The van der Waals surface area contributed by atoms with E-state index in [2.05, 4.69) is 5.32 Å². The van der Waals surface area contributed by atoms with E-state index in [9.17, 15) is 30.3 Å². The SMILES string of the molecule is CC(C)/C=C/[C@@H](C[C@@H]1O[C@](O)(C[C@@H](O)C(C)C)C[C@H](O)[C@H]1C(=O)NC1CC(N)C1)OC1OC(C)C(O)C(N)C1O. The minimum atomic E-state index is -1.88. The number of hydrogen-bond acceptors (Lipinski definition) is 11. The molecule has 2 saturated heterocycles. The van der Waals surface area contributed by atoms with Gasteiger partial charge >= 0.3 is 0 Å². The van der Waals surface area contributed by atoms with Crippen LogP contribution in [0.25, 0.3) is 0 Å². The molecule has 12 nitrogen and oxygen atoms in total. The highest BCUT2D eigenvalue weighted by molar-refractivity contribution is 5.80. The molecule has 5 unspecified atom stereocenters. The fourth-order valence-electron chi connectivity index (χ4n) is 5.52. The van der Waals surface area contributed by atoms with Gasteiger partial charge in [0.05, 0.1) is 48.6 Å². The standard InChI is InChI=1S/C28H51N3O9/c1-13(2)6-7-18(39-27-25(35)23(30)24(34)15(5)38-27)10-21-22(26(36)31-17-8-16(29)9-17)20(33)12-28(37,40-21)11-19(32)14(3)4/h6-7,13-25,27,32-35,37H,8-12,29-30H2,1-5H3,(H,31,36)/b7-6+/t15?,16?,17?,18-,19+,20-,21-,22+,23?,24?,25?,27?,28+/m0/s1.